The van der Waals surface area contributed by atoms with Crippen LogP contribution in [0.4, 0.5) is 0 Å². The van der Waals surface area contributed by atoms with Gasteiger partial charge in [0.1, 0.15) is 0 Å². The van der Waals surface area contributed by atoms with Gasteiger partial charge in [-0.3, -0.25) is 4.57 Å². The van der Waals surface area contributed by atoms with Gasteiger partial charge in [0.05, 0.1) is 5.52 Å². The van der Waals surface area contributed by atoms with Gasteiger partial charge < -0.3 is 4.42 Å². The summed E-state index contributed by atoms with van der Waals surface area (Å²) in [5.41, 5.74) is 3.08. The lowest BCUT2D eigenvalue weighted by atomic mass is 9.67. The maximum absolute atomic E-state index is 11.6. The molecule has 0 amide bonds. The van der Waals surface area contributed by atoms with Gasteiger partial charge in [-0.05, 0) is 41.9 Å². The van der Waals surface area contributed by atoms with E-state index >= 15 is 0 Å². The number of benzene rings is 1. The summed E-state index contributed by atoms with van der Waals surface area (Å²) in [7, 11) is 1.74. The van der Waals surface area contributed by atoms with E-state index in [9.17, 15) is 4.79 Å². The first kappa shape index (κ1) is 14.9. The van der Waals surface area contributed by atoms with Crippen LogP contribution in [0, 0.1) is 11.3 Å². The van der Waals surface area contributed by atoms with Gasteiger partial charge in [0, 0.05) is 11.9 Å². The molecule has 1 aromatic heterocycles. The molecule has 21 heavy (non-hydrogen) atoms. The average molecular weight is 352 g/mol. The van der Waals surface area contributed by atoms with Gasteiger partial charge in [-0.25, -0.2) is 4.79 Å². The van der Waals surface area contributed by atoms with E-state index < -0.39 is 0 Å². The van der Waals surface area contributed by atoms with E-state index in [-0.39, 0.29) is 5.76 Å². The Balaban J connectivity index is 1.97. The van der Waals surface area contributed by atoms with E-state index in [0.29, 0.717) is 21.7 Å². The lowest BCUT2D eigenvalue weighted by Crippen LogP contribution is -2.30. The van der Waals surface area contributed by atoms with Crippen molar-refractivity contribution < 1.29 is 4.42 Å². The molecule has 1 heterocycles. The molecule has 1 saturated carbocycles. The lowest BCUT2D eigenvalue weighted by Gasteiger charge is -2.41. The number of alkyl halides is 1. The monoisotopic (exact) mass is 351 g/mol. The summed E-state index contributed by atoms with van der Waals surface area (Å²) in [6, 6.07) is 6.11. The third-order valence-electron chi connectivity index (χ3n) is 5.08. The number of fused-ring (bicyclic) bond motifs is 1. The van der Waals surface area contributed by atoms with Crippen molar-refractivity contribution in [1.82, 2.24) is 4.57 Å². The molecule has 0 bridgehead atoms. The normalized spacial score (nSPS) is 23.3. The fourth-order valence-corrected chi connectivity index (χ4v) is 4.88. The van der Waals surface area contributed by atoms with Gasteiger partial charge in [0.15, 0.2) is 5.58 Å². The molecule has 2 aromatic rings. The SMILES string of the molecule is Cn1c(=O)oc2cc(C(Br)C3CCCCC3(C)C)ccc21. The molecular formula is C17H22BrNO2. The van der Waals surface area contributed by atoms with E-state index in [4.69, 9.17) is 4.42 Å². The maximum atomic E-state index is 11.6. The number of halogens is 1. The molecule has 0 saturated heterocycles. The number of nitrogens with zero attached hydrogens (tertiary/aromatic N) is 1. The summed E-state index contributed by atoms with van der Waals surface area (Å²) >= 11 is 3.91. The fourth-order valence-electron chi connectivity index (χ4n) is 3.62. The molecule has 114 valence electrons. The van der Waals surface area contributed by atoms with Crippen LogP contribution in [0.25, 0.3) is 11.1 Å². The molecule has 2 atom stereocenters. The molecule has 1 fully saturated rings. The topological polar surface area (TPSA) is 35.1 Å². The van der Waals surface area contributed by atoms with Crippen molar-refractivity contribution in [3.8, 4) is 0 Å². The van der Waals surface area contributed by atoms with Gasteiger partial charge in [0.2, 0.25) is 0 Å². The van der Waals surface area contributed by atoms with Crippen molar-refractivity contribution in [2.24, 2.45) is 18.4 Å². The molecule has 3 nitrogen and oxygen atoms in total. The predicted octanol–water partition coefficient (Wildman–Crippen LogP) is 4.78. The molecule has 1 aromatic carbocycles. The Morgan fingerprint density at radius 2 is 2.14 bits per heavy atom. The second-order valence-corrected chi connectivity index (χ2v) is 7.88. The van der Waals surface area contributed by atoms with Crippen LogP contribution in [0.2, 0.25) is 0 Å². The van der Waals surface area contributed by atoms with Crippen LogP contribution in [-0.4, -0.2) is 4.57 Å². The van der Waals surface area contributed by atoms with Crippen molar-refractivity contribution >= 4 is 27.0 Å². The van der Waals surface area contributed by atoms with Crippen LogP contribution < -0.4 is 5.76 Å². The molecule has 2 unspecified atom stereocenters. The van der Waals surface area contributed by atoms with Crippen LogP contribution in [-0.2, 0) is 7.05 Å². The van der Waals surface area contributed by atoms with Crippen LogP contribution in [0.3, 0.4) is 0 Å². The van der Waals surface area contributed by atoms with Crippen molar-refractivity contribution in [1.29, 1.82) is 0 Å². The smallest absolute Gasteiger partial charge is 0.408 e. The van der Waals surface area contributed by atoms with E-state index in [1.54, 1.807) is 11.6 Å². The number of aromatic nitrogens is 1. The minimum atomic E-state index is -0.300. The first-order valence-corrected chi connectivity index (χ1v) is 8.55. The van der Waals surface area contributed by atoms with E-state index in [1.165, 1.54) is 31.2 Å². The van der Waals surface area contributed by atoms with Crippen LogP contribution in [0.1, 0.15) is 49.9 Å². The van der Waals surface area contributed by atoms with Gasteiger partial charge in [-0.1, -0.05) is 48.7 Å². The second-order valence-electron chi connectivity index (χ2n) is 6.90. The Hall–Kier alpha value is -1.03. The van der Waals surface area contributed by atoms with E-state index in [2.05, 4.69) is 35.8 Å². The molecule has 4 heteroatoms. The van der Waals surface area contributed by atoms with Gasteiger partial charge in [0.25, 0.3) is 0 Å². The van der Waals surface area contributed by atoms with E-state index in [1.807, 2.05) is 12.1 Å². The summed E-state index contributed by atoms with van der Waals surface area (Å²) in [5.74, 6) is 0.311. The molecule has 0 aliphatic heterocycles. The molecule has 0 radical (unpaired) electrons. The molecule has 3 rings (SSSR count). The average Bonchev–Trinajstić information content (AvgIpc) is 2.72. The maximum Gasteiger partial charge on any atom is 0.419 e. The Kier molecular flexibility index (Phi) is 3.76. The largest absolute Gasteiger partial charge is 0.419 e. The predicted molar refractivity (Wildman–Crippen MR) is 88.9 cm³/mol. The number of rotatable bonds is 2. The van der Waals surface area contributed by atoms with Crippen LogP contribution in [0.5, 0.6) is 0 Å². The number of oxazole rings is 1. The number of aryl methyl sites for hydroxylation is 1. The summed E-state index contributed by atoms with van der Waals surface area (Å²) in [4.78, 5) is 11.9. The molecule has 1 aliphatic rings. The lowest BCUT2D eigenvalue weighted by molar-refractivity contribution is 0.136. The summed E-state index contributed by atoms with van der Waals surface area (Å²) in [6.07, 6.45) is 5.16. The van der Waals surface area contributed by atoms with Crippen molar-refractivity contribution in [2.75, 3.05) is 0 Å². The molecular weight excluding hydrogens is 330 g/mol. The summed E-state index contributed by atoms with van der Waals surface area (Å²) < 4.78 is 6.86. The van der Waals surface area contributed by atoms with Crippen molar-refractivity contribution in [3.63, 3.8) is 0 Å². The highest BCUT2D eigenvalue weighted by Gasteiger charge is 2.37. The standard InChI is InChI=1S/C17H22BrNO2/c1-17(2)9-5-4-6-12(17)15(18)11-7-8-13-14(10-11)21-16(20)19(13)3/h7-8,10,12,15H,4-6,9H2,1-3H3. The Morgan fingerprint density at radius 3 is 2.86 bits per heavy atom. The zero-order valence-electron chi connectivity index (χ0n) is 12.9. The summed E-state index contributed by atoms with van der Waals surface area (Å²) in [5, 5.41) is 0. The highest BCUT2D eigenvalue weighted by Crippen LogP contribution is 2.50. The second kappa shape index (κ2) is 5.31. The fraction of sp³-hybridized carbons (Fsp3) is 0.588. The molecule has 1 aliphatic carbocycles. The minimum absolute atomic E-state index is 0.300. The Bertz CT molecular complexity index is 713. The molecule has 0 N–H and O–H groups in total. The zero-order valence-corrected chi connectivity index (χ0v) is 14.4. The third kappa shape index (κ3) is 2.59. The quantitative estimate of drug-likeness (QED) is 0.729. The van der Waals surface area contributed by atoms with Crippen molar-refractivity contribution in [3.05, 3.63) is 34.3 Å². The van der Waals surface area contributed by atoms with Gasteiger partial charge in [-0.2, -0.15) is 0 Å². The minimum Gasteiger partial charge on any atom is -0.408 e. The Labute approximate surface area is 133 Å². The number of hydrogen-bond donors (Lipinski definition) is 0. The zero-order chi connectivity index (χ0) is 15.2. The van der Waals surface area contributed by atoms with Crippen LogP contribution >= 0.6 is 15.9 Å². The van der Waals surface area contributed by atoms with Gasteiger partial charge >= 0.3 is 5.76 Å². The van der Waals surface area contributed by atoms with Crippen LogP contribution in [0.15, 0.2) is 27.4 Å². The van der Waals surface area contributed by atoms with Crippen molar-refractivity contribution in [2.45, 2.75) is 44.4 Å². The number of hydrogen-bond acceptors (Lipinski definition) is 2. The highest BCUT2D eigenvalue weighted by molar-refractivity contribution is 9.09. The first-order chi connectivity index (χ1) is 9.90. The Morgan fingerprint density at radius 1 is 1.38 bits per heavy atom. The van der Waals surface area contributed by atoms with Gasteiger partial charge in [-0.15, -0.1) is 0 Å². The summed E-state index contributed by atoms with van der Waals surface area (Å²) in [6.45, 7) is 4.73. The van der Waals surface area contributed by atoms with E-state index in [0.717, 1.165) is 5.52 Å². The third-order valence-corrected chi connectivity index (χ3v) is 6.24. The molecule has 0 spiro atoms. The first-order valence-electron chi connectivity index (χ1n) is 7.64. The highest BCUT2D eigenvalue weighted by atomic mass is 79.9.